The monoisotopic (exact) mass is 467 g/mol. The molecule has 1 aromatic heterocycles. The van der Waals surface area contributed by atoms with Gasteiger partial charge in [-0.05, 0) is 55.0 Å². The van der Waals surface area contributed by atoms with E-state index in [0.717, 1.165) is 24.3 Å². The summed E-state index contributed by atoms with van der Waals surface area (Å²) in [6.45, 7) is 4.63. The summed E-state index contributed by atoms with van der Waals surface area (Å²) in [5, 5.41) is 11.8. The predicted octanol–water partition coefficient (Wildman–Crippen LogP) is 3.91. The third-order valence-electron chi connectivity index (χ3n) is 5.49. The molecule has 33 heavy (non-hydrogen) atoms. The zero-order valence-electron chi connectivity index (χ0n) is 18.7. The lowest BCUT2D eigenvalue weighted by atomic mass is 10.3. The van der Waals surface area contributed by atoms with Crippen molar-refractivity contribution >= 4 is 27.3 Å². The molecule has 1 N–H and O–H groups in total. The lowest BCUT2D eigenvalue weighted by Crippen LogP contribution is -2.48. The highest BCUT2D eigenvalue weighted by molar-refractivity contribution is 7.89. The van der Waals surface area contributed by atoms with E-state index < -0.39 is 10.0 Å². The Morgan fingerprint density at radius 1 is 0.909 bits per heavy atom. The number of aromatic nitrogens is 2. The molecule has 0 saturated carbocycles. The van der Waals surface area contributed by atoms with E-state index in [1.165, 1.54) is 4.31 Å². The molecule has 2 heterocycles. The molecule has 0 radical (unpaired) electrons. The standard InChI is InChI=1S/C24H29N5O3S/c1-2-3-19-32-21-9-11-22(12-10-21)33(30,31)29-17-15-28(16-18-29)24-14-13-23(26-27-24)25-20-7-5-4-6-8-20/h4-14H,2-3,15-19H2,1H3,(H,25,26). The van der Waals surface area contributed by atoms with Crippen LogP contribution in [0, 0.1) is 0 Å². The van der Waals surface area contributed by atoms with Crippen molar-refractivity contribution in [3.63, 3.8) is 0 Å². The van der Waals surface area contributed by atoms with Crippen molar-refractivity contribution in [3.05, 3.63) is 66.7 Å². The molecular formula is C24H29N5O3S. The van der Waals surface area contributed by atoms with Gasteiger partial charge in [-0.3, -0.25) is 0 Å². The molecule has 0 atom stereocenters. The molecule has 0 amide bonds. The molecule has 0 bridgehead atoms. The first-order valence-corrected chi connectivity index (χ1v) is 12.6. The fourth-order valence-corrected chi connectivity index (χ4v) is 5.00. The van der Waals surface area contributed by atoms with Crippen LogP contribution < -0.4 is 15.0 Å². The molecule has 1 fully saturated rings. The lowest BCUT2D eigenvalue weighted by Gasteiger charge is -2.34. The molecule has 0 spiro atoms. The van der Waals surface area contributed by atoms with Crippen LogP contribution in [-0.2, 0) is 10.0 Å². The lowest BCUT2D eigenvalue weighted by molar-refractivity contribution is 0.309. The largest absolute Gasteiger partial charge is 0.494 e. The number of rotatable bonds is 9. The van der Waals surface area contributed by atoms with Crippen LogP contribution in [0.1, 0.15) is 19.8 Å². The van der Waals surface area contributed by atoms with Crippen LogP contribution >= 0.6 is 0 Å². The number of benzene rings is 2. The highest BCUT2D eigenvalue weighted by Gasteiger charge is 2.29. The molecule has 1 saturated heterocycles. The van der Waals surface area contributed by atoms with E-state index in [0.29, 0.717) is 44.4 Å². The molecular weight excluding hydrogens is 438 g/mol. The van der Waals surface area contributed by atoms with E-state index in [1.807, 2.05) is 42.5 Å². The van der Waals surface area contributed by atoms with Crippen LogP contribution in [0.25, 0.3) is 0 Å². The number of hydrogen-bond donors (Lipinski definition) is 1. The van der Waals surface area contributed by atoms with Gasteiger partial charge >= 0.3 is 0 Å². The topological polar surface area (TPSA) is 87.7 Å². The van der Waals surface area contributed by atoms with Crippen molar-refractivity contribution in [2.75, 3.05) is 43.0 Å². The van der Waals surface area contributed by atoms with Crippen molar-refractivity contribution in [1.82, 2.24) is 14.5 Å². The zero-order chi connectivity index (χ0) is 23.1. The summed E-state index contributed by atoms with van der Waals surface area (Å²) in [6.07, 6.45) is 2.03. The fourth-order valence-electron chi connectivity index (χ4n) is 3.58. The van der Waals surface area contributed by atoms with E-state index >= 15 is 0 Å². The molecule has 174 valence electrons. The first-order valence-electron chi connectivity index (χ1n) is 11.2. The summed E-state index contributed by atoms with van der Waals surface area (Å²) >= 11 is 0. The van der Waals surface area contributed by atoms with Crippen LogP contribution in [-0.4, -0.2) is 55.7 Å². The SMILES string of the molecule is CCCCOc1ccc(S(=O)(=O)N2CCN(c3ccc(Nc4ccccc4)nn3)CC2)cc1. The van der Waals surface area contributed by atoms with Gasteiger partial charge in [0.25, 0.3) is 0 Å². The quantitative estimate of drug-likeness (QED) is 0.477. The molecule has 9 heteroatoms. The minimum Gasteiger partial charge on any atom is -0.494 e. The Morgan fingerprint density at radius 3 is 2.27 bits per heavy atom. The van der Waals surface area contributed by atoms with E-state index in [2.05, 4.69) is 27.3 Å². The number of nitrogens with one attached hydrogen (secondary N) is 1. The summed E-state index contributed by atoms with van der Waals surface area (Å²) in [4.78, 5) is 2.34. The second-order valence-corrected chi connectivity index (χ2v) is 9.77. The van der Waals surface area contributed by atoms with Gasteiger partial charge < -0.3 is 15.0 Å². The van der Waals surface area contributed by atoms with Crippen molar-refractivity contribution in [3.8, 4) is 5.75 Å². The Balaban J connectivity index is 1.33. The number of anilines is 3. The van der Waals surface area contributed by atoms with Gasteiger partial charge in [-0.25, -0.2) is 8.42 Å². The normalized spacial score (nSPS) is 14.8. The fraction of sp³-hybridized carbons (Fsp3) is 0.333. The van der Waals surface area contributed by atoms with Crippen molar-refractivity contribution < 1.29 is 13.2 Å². The molecule has 4 rings (SSSR count). The minimum atomic E-state index is -3.55. The highest BCUT2D eigenvalue weighted by atomic mass is 32.2. The minimum absolute atomic E-state index is 0.287. The Bertz CT molecular complexity index is 1120. The first kappa shape index (κ1) is 23.0. The van der Waals surface area contributed by atoms with E-state index in [4.69, 9.17) is 4.74 Å². The maximum absolute atomic E-state index is 13.1. The van der Waals surface area contributed by atoms with Crippen LogP contribution in [0.2, 0.25) is 0 Å². The van der Waals surface area contributed by atoms with Gasteiger partial charge in [0.1, 0.15) is 5.75 Å². The second-order valence-electron chi connectivity index (χ2n) is 7.83. The average Bonchev–Trinajstić information content (AvgIpc) is 2.86. The Kier molecular flexibility index (Phi) is 7.41. The van der Waals surface area contributed by atoms with E-state index in [-0.39, 0.29) is 4.90 Å². The van der Waals surface area contributed by atoms with Gasteiger partial charge in [0.15, 0.2) is 11.6 Å². The number of hydrogen-bond acceptors (Lipinski definition) is 7. The molecule has 0 unspecified atom stereocenters. The summed E-state index contributed by atoms with van der Waals surface area (Å²) in [7, 11) is -3.55. The van der Waals surface area contributed by atoms with Crippen LogP contribution in [0.4, 0.5) is 17.3 Å². The van der Waals surface area contributed by atoms with Gasteiger partial charge in [-0.15, -0.1) is 10.2 Å². The molecule has 1 aliphatic rings. The predicted molar refractivity (Wildman–Crippen MR) is 130 cm³/mol. The summed E-state index contributed by atoms with van der Waals surface area (Å²) in [5.41, 5.74) is 0.943. The van der Waals surface area contributed by atoms with Crippen LogP contribution in [0.15, 0.2) is 71.6 Å². The smallest absolute Gasteiger partial charge is 0.243 e. The Labute approximate surface area is 195 Å². The van der Waals surface area contributed by atoms with Crippen molar-refractivity contribution in [2.45, 2.75) is 24.7 Å². The first-order chi connectivity index (χ1) is 16.1. The Morgan fingerprint density at radius 2 is 1.64 bits per heavy atom. The number of piperazine rings is 1. The van der Waals surface area contributed by atoms with Crippen LogP contribution in [0.5, 0.6) is 5.75 Å². The van der Waals surface area contributed by atoms with Crippen LogP contribution in [0.3, 0.4) is 0 Å². The maximum Gasteiger partial charge on any atom is 0.243 e. The second kappa shape index (κ2) is 10.6. The molecule has 2 aromatic carbocycles. The van der Waals surface area contributed by atoms with Crippen molar-refractivity contribution in [1.29, 1.82) is 0 Å². The number of ether oxygens (including phenoxy) is 1. The molecule has 3 aromatic rings. The Hall–Kier alpha value is -3.17. The van der Waals surface area contributed by atoms with Crippen molar-refractivity contribution in [2.24, 2.45) is 0 Å². The number of nitrogens with zero attached hydrogens (tertiary/aromatic N) is 4. The van der Waals surface area contributed by atoms with E-state index in [9.17, 15) is 8.42 Å². The molecule has 0 aliphatic carbocycles. The zero-order valence-corrected chi connectivity index (χ0v) is 19.5. The third kappa shape index (κ3) is 5.80. The number of para-hydroxylation sites is 1. The summed E-state index contributed by atoms with van der Waals surface area (Å²) < 4.78 is 33.3. The summed E-state index contributed by atoms with van der Waals surface area (Å²) in [6, 6.07) is 20.2. The van der Waals surface area contributed by atoms with E-state index in [1.54, 1.807) is 24.3 Å². The van der Waals surface area contributed by atoms with Gasteiger partial charge in [0.2, 0.25) is 10.0 Å². The van der Waals surface area contributed by atoms with Gasteiger partial charge in [0.05, 0.1) is 11.5 Å². The molecule has 1 aliphatic heterocycles. The number of sulfonamides is 1. The average molecular weight is 468 g/mol. The maximum atomic E-state index is 13.1. The number of unbranched alkanes of at least 4 members (excludes halogenated alkanes) is 1. The highest BCUT2D eigenvalue weighted by Crippen LogP contribution is 2.23. The molecule has 8 nitrogen and oxygen atoms in total. The van der Waals surface area contributed by atoms with Gasteiger partial charge in [0, 0.05) is 31.9 Å². The van der Waals surface area contributed by atoms with Gasteiger partial charge in [-0.1, -0.05) is 31.5 Å². The van der Waals surface area contributed by atoms with Gasteiger partial charge in [-0.2, -0.15) is 4.31 Å². The summed E-state index contributed by atoms with van der Waals surface area (Å²) in [5.74, 6) is 2.09. The third-order valence-corrected chi connectivity index (χ3v) is 7.40.